The first-order valence-electron chi connectivity index (χ1n) is 6.75. The number of carbonyl (C=O) groups excluding carboxylic acids is 1. The third-order valence-electron chi connectivity index (χ3n) is 3.17. The maximum atomic E-state index is 11.9. The highest BCUT2D eigenvalue weighted by Gasteiger charge is 2.15. The number of anilines is 1. The molecule has 1 aliphatic rings. The van der Waals surface area contributed by atoms with E-state index in [1.807, 2.05) is 0 Å². The first kappa shape index (κ1) is 15.6. The van der Waals surface area contributed by atoms with Gasteiger partial charge in [-0.15, -0.1) is 10.2 Å². The first-order chi connectivity index (χ1) is 10.2. The molecule has 0 radical (unpaired) electrons. The Morgan fingerprint density at radius 1 is 1.33 bits per heavy atom. The molecule has 1 aromatic heterocycles. The Bertz CT molecular complexity index is 444. The van der Waals surface area contributed by atoms with E-state index in [9.17, 15) is 4.79 Å². The molecule has 0 aromatic carbocycles. The molecule has 2 rings (SSSR count). The Hall–Kier alpha value is -1.77. The van der Waals surface area contributed by atoms with Crippen LogP contribution in [0.3, 0.4) is 0 Å². The Morgan fingerprint density at radius 3 is 2.62 bits per heavy atom. The monoisotopic (exact) mass is 296 g/mol. The van der Waals surface area contributed by atoms with Crippen LogP contribution in [0.4, 0.5) is 5.82 Å². The molecule has 0 saturated carbocycles. The molecule has 1 aromatic rings. The lowest BCUT2D eigenvalue weighted by Crippen LogP contribution is -2.37. The molecular formula is C13H20N4O4. The normalized spacial score (nSPS) is 15.3. The van der Waals surface area contributed by atoms with Gasteiger partial charge in [-0.2, -0.15) is 0 Å². The summed E-state index contributed by atoms with van der Waals surface area (Å²) in [5.41, 5.74) is 0.262. The Kier molecular flexibility index (Phi) is 5.85. The molecule has 0 aliphatic carbocycles. The minimum atomic E-state index is -0.477. The molecule has 1 amide bonds. The van der Waals surface area contributed by atoms with Crippen LogP contribution in [0.15, 0.2) is 12.1 Å². The molecule has 0 atom stereocenters. The second kappa shape index (κ2) is 7.87. The molecule has 0 unspecified atom stereocenters. The maximum Gasteiger partial charge on any atom is 0.271 e. The Labute approximate surface area is 123 Å². The van der Waals surface area contributed by atoms with E-state index in [0.29, 0.717) is 13.2 Å². The summed E-state index contributed by atoms with van der Waals surface area (Å²) in [7, 11) is 3.02. The van der Waals surface area contributed by atoms with Crippen molar-refractivity contribution in [2.75, 3.05) is 52.0 Å². The fourth-order valence-corrected chi connectivity index (χ4v) is 1.94. The molecule has 116 valence electrons. The predicted octanol–water partition coefficient (Wildman–Crippen LogP) is -0.338. The highest BCUT2D eigenvalue weighted by atomic mass is 16.7. The lowest BCUT2D eigenvalue weighted by atomic mass is 10.3. The smallest absolute Gasteiger partial charge is 0.271 e. The molecular weight excluding hydrogens is 276 g/mol. The molecule has 0 bridgehead atoms. The van der Waals surface area contributed by atoms with Crippen molar-refractivity contribution >= 4 is 11.7 Å². The number of aromatic nitrogens is 2. The zero-order valence-corrected chi connectivity index (χ0v) is 12.2. The van der Waals surface area contributed by atoms with E-state index in [1.165, 1.54) is 14.2 Å². The summed E-state index contributed by atoms with van der Waals surface area (Å²) < 4.78 is 15.3. The van der Waals surface area contributed by atoms with Crippen molar-refractivity contribution in [3.05, 3.63) is 17.8 Å². The van der Waals surface area contributed by atoms with Gasteiger partial charge in [-0.05, 0) is 12.1 Å². The van der Waals surface area contributed by atoms with Crippen LogP contribution >= 0.6 is 0 Å². The van der Waals surface area contributed by atoms with Gasteiger partial charge >= 0.3 is 0 Å². The van der Waals surface area contributed by atoms with E-state index >= 15 is 0 Å². The highest BCUT2D eigenvalue weighted by Crippen LogP contribution is 2.11. The SMILES string of the molecule is COC(CNC(=O)c1ccc(N2CCOCC2)nn1)OC. The summed E-state index contributed by atoms with van der Waals surface area (Å²) in [4.78, 5) is 14.0. The summed E-state index contributed by atoms with van der Waals surface area (Å²) in [5, 5.41) is 10.7. The van der Waals surface area contributed by atoms with E-state index in [2.05, 4.69) is 20.4 Å². The minimum absolute atomic E-state index is 0.249. The number of carbonyl (C=O) groups is 1. The van der Waals surface area contributed by atoms with Crippen LogP contribution in [0.2, 0.25) is 0 Å². The summed E-state index contributed by atoms with van der Waals surface area (Å²) in [6, 6.07) is 3.44. The van der Waals surface area contributed by atoms with Crippen molar-refractivity contribution in [2.24, 2.45) is 0 Å². The van der Waals surface area contributed by atoms with Gasteiger partial charge in [-0.25, -0.2) is 0 Å². The van der Waals surface area contributed by atoms with Gasteiger partial charge in [0.15, 0.2) is 17.8 Å². The van der Waals surface area contributed by atoms with Crippen molar-refractivity contribution in [1.29, 1.82) is 0 Å². The fourth-order valence-electron chi connectivity index (χ4n) is 1.94. The Morgan fingerprint density at radius 2 is 2.05 bits per heavy atom. The van der Waals surface area contributed by atoms with Crippen LogP contribution < -0.4 is 10.2 Å². The molecule has 8 heteroatoms. The van der Waals surface area contributed by atoms with Crippen molar-refractivity contribution in [3.8, 4) is 0 Å². The summed E-state index contributed by atoms with van der Waals surface area (Å²) >= 11 is 0. The second-order valence-corrected chi connectivity index (χ2v) is 4.49. The van der Waals surface area contributed by atoms with Crippen molar-refractivity contribution < 1.29 is 19.0 Å². The molecule has 2 heterocycles. The molecule has 1 aliphatic heterocycles. The minimum Gasteiger partial charge on any atom is -0.378 e. The van der Waals surface area contributed by atoms with E-state index < -0.39 is 6.29 Å². The van der Waals surface area contributed by atoms with Crippen molar-refractivity contribution in [1.82, 2.24) is 15.5 Å². The second-order valence-electron chi connectivity index (χ2n) is 4.49. The predicted molar refractivity (Wildman–Crippen MR) is 75.2 cm³/mol. The summed E-state index contributed by atoms with van der Waals surface area (Å²) in [6.45, 7) is 3.17. The van der Waals surface area contributed by atoms with Crippen molar-refractivity contribution in [2.45, 2.75) is 6.29 Å². The third-order valence-corrected chi connectivity index (χ3v) is 3.17. The number of hydrogen-bond donors (Lipinski definition) is 1. The topological polar surface area (TPSA) is 85.8 Å². The number of nitrogens with one attached hydrogen (secondary N) is 1. The molecule has 8 nitrogen and oxygen atoms in total. The standard InChI is InChI=1S/C13H20N4O4/c1-19-12(20-2)9-14-13(18)10-3-4-11(16-15-10)17-5-7-21-8-6-17/h3-4,12H,5-9H2,1-2H3,(H,14,18). The van der Waals surface area contributed by atoms with Crippen molar-refractivity contribution in [3.63, 3.8) is 0 Å². The Balaban J connectivity index is 1.90. The quantitative estimate of drug-likeness (QED) is 0.719. The molecule has 1 N–H and O–H groups in total. The van der Waals surface area contributed by atoms with Crippen LogP contribution in [-0.2, 0) is 14.2 Å². The average Bonchev–Trinajstić information content (AvgIpc) is 2.56. The van der Waals surface area contributed by atoms with Gasteiger partial charge in [0, 0.05) is 27.3 Å². The number of ether oxygens (including phenoxy) is 3. The number of amides is 1. The van der Waals surface area contributed by atoms with Crippen LogP contribution in [0.5, 0.6) is 0 Å². The summed E-state index contributed by atoms with van der Waals surface area (Å²) in [6.07, 6.45) is -0.477. The fraction of sp³-hybridized carbons (Fsp3) is 0.615. The van der Waals surface area contributed by atoms with Gasteiger partial charge in [-0.1, -0.05) is 0 Å². The summed E-state index contributed by atoms with van der Waals surface area (Å²) in [5.74, 6) is 0.441. The van der Waals surface area contributed by atoms with Crippen LogP contribution in [0, 0.1) is 0 Å². The van der Waals surface area contributed by atoms with Gasteiger partial charge in [0.25, 0.3) is 5.91 Å². The lowest BCUT2D eigenvalue weighted by Gasteiger charge is -2.27. The van der Waals surface area contributed by atoms with E-state index in [0.717, 1.165) is 18.9 Å². The molecule has 21 heavy (non-hydrogen) atoms. The zero-order valence-electron chi connectivity index (χ0n) is 12.2. The number of morpholine rings is 1. The lowest BCUT2D eigenvalue weighted by molar-refractivity contribution is -0.0974. The van der Waals surface area contributed by atoms with E-state index in [-0.39, 0.29) is 18.1 Å². The van der Waals surface area contributed by atoms with E-state index in [4.69, 9.17) is 14.2 Å². The molecule has 0 spiro atoms. The van der Waals surface area contributed by atoms with E-state index in [1.54, 1.807) is 12.1 Å². The number of methoxy groups -OCH3 is 2. The number of hydrogen-bond acceptors (Lipinski definition) is 7. The largest absolute Gasteiger partial charge is 0.378 e. The van der Waals surface area contributed by atoms with Crippen LogP contribution in [0.1, 0.15) is 10.5 Å². The zero-order chi connectivity index (χ0) is 15.1. The van der Waals surface area contributed by atoms with Crippen LogP contribution in [0.25, 0.3) is 0 Å². The highest BCUT2D eigenvalue weighted by molar-refractivity contribution is 5.92. The van der Waals surface area contributed by atoms with Gasteiger partial charge < -0.3 is 24.4 Å². The average molecular weight is 296 g/mol. The van der Waals surface area contributed by atoms with Crippen LogP contribution in [-0.4, -0.2) is 69.5 Å². The third kappa shape index (κ3) is 4.35. The van der Waals surface area contributed by atoms with Gasteiger partial charge in [0.05, 0.1) is 19.8 Å². The van der Waals surface area contributed by atoms with Gasteiger partial charge in [-0.3, -0.25) is 4.79 Å². The van der Waals surface area contributed by atoms with Gasteiger partial charge in [0.2, 0.25) is 0 Å². The molecule has 1 saturated heterocycles. The first-order valence-corrected chi connectivity index (χ1v) is 6.75. The number of nitrogens with zero attached hydrogens (tertiary/aromatic N) is 3. The van der Waals surface area contributed by atoms with Gasteiger partial charge in [0.1, 0.15) is 0 Å². The number of rotatable bonds is 6. The molecule has 1 fully saturated rings. The maximum absolute atomic E-state index is 11.9.